The monoisotopic (exact) mass is 212 g/mol. The molecule has 0 aliphatic carbocycles. The molecule has 4 nitrogen and oxygen atoms in total. The highest BCUT2D eigenvalue weighted by atomic mass is 32.2. The quantitative estimate of drug-likeness (QED) is 0.587. The average Bonchev–Trinajstić information content (AvgIpc) is 2.02. The number of rotatable bonds is 3. The molecule has 5 heteroatoms. The highest BCUT2D eigenvalue weighted by molar-refractivity contribution is 7.89. The zero-order valence-corrected chi connectivity index (χ0v) is 8.66. The van der Waals surface area contributed by atoms with Crippen molar-refractivity contribution < 1.29 is 8.42 Å². The number of nitrogens with zero attached hydrogens (tertiary/aromatic N) is 1. The van der Waals surface area contributed by atoms with Gasteiger partial charge < -0.3 is 5.73 Å². The standard InChI is InChI=1S/C9H12N2O2S/c1-14(12,13)11-9(10)7-8-5-3-2-4-6-8/h2-6H,7H2,1H3,(H2,10,11). The van der Waals surface area contributed by atoms with Crippen molar-refractivity contribution in [3.05, 3.63) is 35.9 Å². The van der Waals surface area contributed by atoms with Crippen molar-refractivity contribution in [1.29, 1.82) is 0 Å². The lowest BCUT2D eigenvalue weighted by Gasteiger charge is -1.99. The lowest BCUT2D eigenvalue weighted by Crippen LogP contribution is -2.16. The molecule has 1 aromatic carbocycles. The number of nitrogens with two attached hydrogens (primary N) is 1. The Labute approximate surface area is 83.5 Å². The van der Waals surface area contributed by atoms with Gasteiger partial charge in [0.2, 0.25) is 0 Å². The fourth-order valence-electron chi connectivity index (χ4n) is 1.05. The topological polar surface area (TPSA) is 72.5 Å². The summed E-state index contributed by atoms with van der Waals surface area (Å²) in [5.74, 6) is 0.110. The van der Waals surface area contributed by atoms with Crippen LogP contribution in [-0.2, 0) is 16.4 Å². The van der Waals surface area contributed by atoms with Crippen LogP contribution in [0, 0.1) is 0 Å². The van der Waals surface area contributed by atoms with Gasteiger partial charge >= 0.3 is 0 Å². The molecule has 14 heavy (non-hydrogen) atoms. The van der Waals surface area contributed by atoms with E-state index in [0.717, 1.165) is 11.8 Å². The Kier molecular flexibility index (Phi) is 3.24. The molecule has 0 amide bonds. The van der Waals surface area contributed by atoms with E-state index in [2.05, 4.69) is 4.40 Å². The van der Waals surface area contributed by atoms with Crippen molar-refractivity contribution in [1.82, 2.24) is 0 Å². The van der Waals surface area contributed by atoms with Gasteiger partial charge in [-0.25, -0.2) is 8.42 Å². The molecule has 0 atom stereocenters. The smallest absolute Gasteiger partial charge is 0.251 e. The van der Waals surface area contributed by atoms with Crippen molar-refractivity contribution in [2.24, 2.45) is 10.1 Å². The largest absolute Gasteiger partial charge is 0.386 e. The maximum atomic E-state index is 10.8. The number of benzene rings is 1. The predicted octanol–water partition coefficient (Wildman–Crippen LogP) is 0.546. The minimum absolute atomic E-state index is 0.110. The Morgan fingerprint density at radius 2 is 1.93 bits per heavy atom. The van der Waals surface area contributed by atoms with Crippen LogP contribution in [0.5, 0.6) is 0 Å². The molecular formula is C9H12N2O2S. The lowest BCUT2D eigenvalue weighted by atomic mass is 10.1. The van der Waals surface area contributed by atoms with E-state index in [-0.39, 0.29) is 5.84 Å². The maximum absolute atomic E-state index is 10.8. The Balaban J connectivity index is 2.77. The van der Waals surface area contributed by atoms with Crippen LogP contribution in [0.3, 0.4) is 0 Å². The summed E-state index contributed by atoms with van der Waals surface area (Å²) in [6, 6.07) is 9.34. The molecule has 0 aliphatic heterocycles. The number of amidine groups is 1. The minimum atomic E-state index is -3.38. The molecule has 2 N–H and O–H groups in total. The first kappa shape index (κ1) is 10.7. The molecule has 0 saturated carbocycles. The predicted molar refractivity (Wildman–Crippen MR) is 56.6 cm³/mol. The molecule has 0 radical (unpaired) electrons. The van der Waals surface area contributed by atoms with Crippen LogP contribution < -0.4 is 5.73 Å². The van der Waals surface area contributed by atoms with E-state index in [1.54, 1.807) is 0 Å². The van der Waals surface area contributed by atoms with E-state index in [4.69, 9.17) is 5.73 Å². The SMILES string of the molecule is CS(=O)(=O)/N=C(\N)Cc1ccccc1. The molecule has 0 saturated heterocycles. The van der Waals surface area contributed by atoms with E-state index >= 15 is 0 Å². The highest BCUT2D eigenvalue weighted by Gasteiger charge is 2.01. The Hall–Kier alpha value is -1.36. The van der Waals surface area contributed by atoms with Crippen LogP contribution >= 0.6 is 0 Å². The Bertz CT molecular complexity index is 423. The fraction of sp³-hybridized carbons (Fsp3) is 0.222. The fourth-order valence-corrected chi connectivity index (χ4v) is 1.54. The van der Waals surface area contributed by atoms with Gasteiger partial charge in [-0.2, -0.15) is 4.40 Å². The third kappa shape index (κ3) is 4.04. The molecule has 0 heterocycles. The number of hydrogen-bond acceptors (Lipinski definition) is 2. The summed E-state index contributed by atoms with van der Waals surface area (Å²) in [5.41, 5.74) is 6.40. The van der Waals surface area contributed by atoms with E-state index in [1.165, 1.54) is 0 Å². The molecule has 0 fully saturated rings. The Morgan fingerprint density at radius 1 is 1.36 bits per heavy atom. The van der Waals surface area contributed by atoms with Crippen LogP contribution in [0.2, 0.25) is 0 Å². The van der Waals surface area contributed by atoms with Gasteiger partial charge in [0.05, 0.1) is 6.26 Å². The average molecular weight is 212 g/mol. The Morgan fingerprint density at radius 3 is 2.43 bits per heavy atom. The number of hydrogen-bond donors (Lipinski definition) is 1. The van der Waals surface area contributed by atoms with Crippen LogP contribution in [0.4, 0.5) is 0 Å². The summed E-state index contributed by atoms with van der Waals surface area (Å²) in [4.78, 5) is 0. The summed E-state index contributed by atoms with van der Waals surface area (Å²) in [6.07, 6.45) is 1.37. The molecule has 0 aromatic heterocycles. The summed E-state index contributed by atoms with van der Waals surface area (Å²) < 4.78 is 24.9. The first-order valence-electron chi connectivity index (χ1n) is 4.05. The summed E-state index contributed by atoms with van der Waals surface area (Å²) >= 11 is 0. The van der Waals surface area contributed by atoms with Crippen LogP contribution in [0.1, 0.15) is 5.56 Å². The first-order valence-corrected chi connectivity index (χ1v) is 5.90. The van der Waals surface area contributed by atoms with E-state index in [0.29, 0.717) is 6.42 Å². The molecular weight excluding hydrogens is 200 g/mol. The van der Waals surface area contributed by atoms with Gasteiger partial charge in [-0.3, -0.25) is 0 Å². The molecule has 0 aliphatic rings. The van der Waals surface area contributed by atoms with Gasteiger partial charge in [-0.15, -0.1) is 0 Å². The second-order valence-corrected chi connectivity index (χ2v) is 4.63. The van der Waals surface area contributed by atoms with Crippen molar-refractivity contribution >= 4 is 15.9 Å². The van der Waals surface area contributed by atoms with Gasteiger partial charge in [-0.1, -0.05) is 30.3 Å². The summed E-state index contributed by atoms with van der Waals surface area (Å²) in [5, 5.41) is 0. The molecule has 0 unspecified atom stereocenters. The second-order valence-electron chi connectivity index (χ2n) is 2.98. The molecule has 76 valence electrons. The van der Waals surface area contributed by atoms with Crippen molar-refractivity contribution in [2.75, 3.05) is 6.26 Å². The first-order chi connectivity index (χ1) is 6.47. The summed E-state index contributed by atoms with van der Waals surface area (Å²) in [6.45, 7) is 0. The number of sulfonamides is 1. The lowest BCUT2D eigenvalue weighted by molar-refractivity contribution is 0.603. The van der Waals surface area contributed by atoms with Crippen LogP contribution in [0.25, 0.3) is 0 Å². The zero-order chi connectivity index (χ0) is 10.6. The van der Waals surface area contributed by atoms with E-state index < -0.39 is 10.0 Å². The highest BCUT2D eigenvalue weighted by Crippen LogP contribution is 2.00. The second kappa shape index (κ2) is 4.23. The van der Waals surface area contributed by atoms with E-state index in [9.17, 15) is 8.42 Å². The van der Waals surface area contributed by atoms with Crippen LogP contribution in [0.15, 0.2) is 34.7 Å². The third-order valence-corrected chi connectivity index (χ3v) is 2.08. The molecule has 1 aromatic rings. The van der Waals surface area contributed by atoms with Gasteiger partial charge in [0.25, 0.3) is 10.0 Å². The van der Waals surface area contributed by atoms with Crippen molar-refractivity contribution in [3.8, 4) is 0 Å². The maximum Gasteiger partial charge on any atom is 0.251 e. The van der Waals surface area contributed by atoms with Crippen LogP contribution in [-0.4, -0.2) is 20.5 Å². The van der Waals surface area contributed by atoms with Crippen molar-refractivity contribution in [2.45, 2.75) is 6.42 Å². The molecule has 0 bridgehead atoms. The van der Waals surface area contributed by atoms with Gasteiger partial charge in [0.1, 0.15) is 5.84 Å². The van der Waals surface area contributed by atoms with Gasteiger partial charge in [0.15, 0.2) is 0 Å². The summed E-state index contributed by atoms with van der Waals surface area (Å²) in [7, 11) is -3.38. The van der Waals surface area contributed by atoms with Gasteiger partial charge in [0, 0.05) is 6.42 Å². The molecule has 0 spiro atoms. The normalized spacial score (nSPS) is 12.8. The third-order valence-electron chi connectivity index (χ3n) is 1.51. The van der Waals surface area contributed by atoms with Gasteiger partial charge in [-0.05, 0) is 5.56 Å². The van der Waals surface area contributed by atoms with Crippen molar-refractivity contribution in [3.63, 3.8) is 0 Å². The zero-order valence-electron chi connectivity index (χ0n) is 7.84. The van der Waals surface area contributed by atoms with E-state index in [1.807, 2.05) is 30.3 Å². The minimum Gasteiger partial charge on any atom is -0.386 e. The molecule has 1 rings (SSSR count).